The van der Waals surface area contributed by atoms with Crippen molar-refractivity contribution in [2.75, 3.05) is 13.1 Å². The van der Waals surface area contributed by atoms with Gasteiger partial charge in [0.15, 0.2) is 0 Å². The number of nitrogens with zero attached hydrogens (tertiary/aromatic N) is 2. The second kappa shape index (κ2) is 6.43. The van der Waals surface area contributed by atoms with Gasteiger partial charge in [-0.3, -0.25) is 9.59 Å². The first kappa shape index (κ1) is 15.4. The number of hydrogen-bond acceptors (Lipinski definition) is 3. The largest absolute Gasteiger partial charge is 0.487 e. The van der Waals surface area contributed by atoms with Crippen molar-refractivity contribution in [3.05, 3.63) is 77.2 Å². The molecule has 1 amide bonds. The number of ether oxygens (including phenoxy) is 1. The molecular formula is C20H18N2O3. The predicted molar refractivity (Wildman–Crippen MR) is 95.6 cm³/mol. The third-order valence-corrected chi connectivity index (χ3v) is 4.44. The molecule has 5 nitrogen and oxygen atoms in total. The highest BCUT2D eigenvalue weighted by atomic mass is 16.5. The van der Waals surface area contributed by atoms with E-state index in [-0.39, 0.29) is 24.1 Å². The Balaban J connectivity index is 1.39. The average Bonchev–Trinajstić information content (AvgIpc) is 2.61. The van der Waals surface area contributed by atoms with Gasteiger partial charge in [-0.05, 0) is 29.7 Å². The lowest BCUT2D eigenvalue weighted by atomic mass is 10.1. The average molecular weight is 334 g/mol. The van der Waals surface area contributed by atoms with E-state index in [2.05, 4.69) is 0 Å². The molecule has 4 rings (SSSR count). The van der Waals surface area contributed by atoms with Gasteiger partial charge in [-0.1, -0.05) is 36.4 Å². The summed E-state index contributed by atoms with van der Waals surface area (Å²) < 4.78 is 7.27. The van der Waals surface area contributed by atoms with Gasteiger partial charge < -0.3 is 14.2 Å². The minimum absolute atomic E-state index is 0.0136. The molecule has 1 fully saturated rings. The molecule has 5 heteroatoms. The number of para-hydroxylation sites is 1. The maximum atomic E-state index is 12.5. The molecule has 0 radical (unpaired) electrons. The lowest BCUT2D eigenvalue weighted by molar-refractivity contribution is -0.140. The fraction of sp³-hybridized carbons (Fsp3) is 0.200. The monoisotopic (exact) mass is 334 g/mol. The van der Waals surface area contributed by atoms with Gasteiger partial charge in [0.2, 0.25) is 5.91 Å². The Labute approximate surface area is 145 Å². The number of hydrogen-bond donors (Lipinski definition) is 0. The number of aromatic nitrogens is 1. The number of amides is 1. The highest BCUT2D eigenvalue weighted by Crippen LogP contribution is 2.18. The van der Waals surface area contributed by atoms with E-state index in [9.17, 15) is 9.59 Å². The molecule has 0 unspecified atom stereocenters. The van der Waals surface area contributed by atoms with E-state index in [1.54, 1.807) is 17.2 Å². The van der Waals surface area contributed by atoms with Crippen molar-refractivity contribution in [1.29, 1.82) is 0 Å². The third kappa shape index (κ3) is 3.13. The maximum Gasteiger partial charge on any atom is 0.258 e. The van der Waals surface area contributed by atoms with E-state index in [0.717, 1.165) is 11.1 Å². The van der Waals surface area contributed by atoms with Crippen molar-refractivity contribution in [3.63, 3.8) is 0 Å². The summed E-state index contributed by atoms with van der Waals surface area (Å²) in [6, 6.07) is 18.8. The van der Waals surface area contributed by atoms with Gasteiger partial charge >= 0.3 is 0 Å². The van der Waals surface area contributed by atoms with Crippen LogP contribution in [0, 0.1) is 0 Å². The van der Waals surface area contributed by atoms with Gasteiger partial charge in [0.1, 0.15) is 18.4 Å². The fourth-order valence-electron chi connectivity index (χ4n) is 3.01. The molecule has 25 heavy (non-hydrogen) atoms. The van der Waals surface area contributed by atoms with Crippen molar-refractivity contribution in [2.45, 2.75) is 12.6 Å². The fourth-order valence-corrected chi connectivity index (χ4v) is 3.01. The molecule has 0 spiro atoms. The number of carbonyl (C=O) groups is 1. The van der Waals surface area contributed by atoms with Crippen LogP contribution < -0.4 is 10.3 Å². The molecule has 126 valence electrons. The molecule has 1 aromatic heterocycles. The normalized spacial score (nSPS) is 14.3. The molecule has 0 bridgehead atoms. The zero-order valence-corrected chi connectivity index (χ0v) is 13.7. The third-order valence-electron chi connectivity index (χ3n) is 4.44. The quantitative estimate of drug-likeness (QED) is 0.736. The molecule has 0 atom stereocenters. The molecule has 1 saturated heterocycles. The Bertz CT molecular complexity index is 959. The number of rotatable bonds is 4. The van der Waals surface area contributed by atoms with E-state index in [1.807, 2.05) is 54.6 Å². The molecule has 0 saturated carbocycles. The van der Waals surface area contributed by atoms with E-state index in [1.165, 1.54) is 4.57 Å². The Morgan fingerprint density at radius 1 is 1.00 bits per heavy atom. The summed E-state index contributed by atoms with van der Waals surface area (Å²) in [5.41, 5.74) is -0.135. The van der Waals surface area contributed by atoms with Crippen LogP contribution in [0.25, 0.3) is 10.8 Å². The van der Waals surface area contributed by atoms with Gasteiger partial charge in [-0.15, -0.1) is 0 Å². The molecule has 3 aromatic rings. The summed E-state index contributed by atoms with van der Waals surface area (Å²) in [4.78, 5) is 26.6. The molecular weight excluding hydrogens is 316 g/mol. The van der Waals surface area contributed by atoms with Gasteiger partial charge in [-0.2, -0.15) is 0 Å². The topological polar surface area (TPSA) is 51.5 Å². The summed E-state index contributed by atoms with van der Waals surface area (Å²) >= 11 is 0. The second-order valence-corrected chi connectivity index (χ2v) is 6.19. The van der Waals surface area contributed by atoms with Crippen LogP contribution in [0.2, 0.25) is 0 Å². The van der Waals surface area contributed by atoms with Crippen LogP contribution in [0.15, 0.2) is 71.7 Å². The first-order valence-corrected chi connectivity index (χ1v) is 8.28. The van der Waals surface area contributed by atoms with Crippen LogP contribution in [-0.4, -0.2) is 34.6 Å². The van der Waals surface area contributed by atoms with Gasteiger partial charge in [0.05, 0.1) is 13.1 Å². The number of pyridine rings is 1. The minimum atomic E-state index is -0.135. The van der Waals surface area contributed by atoms with E-state index >= 15 is 0 Å². The van der Waals surface area contributed by atoms with Crippen molar-refractivity contribution in [2.24, 2.45) is 0 Å². The minimum Gasteiger partial charge on any atom is -0.487 e. The molecule has 0 N–H and O–H groups in total. The standard InChI is InChI=1S/C20H18N2O3/c23-19(22-12-17(13-22)25-16-7-2-1-3-8-16)14-21-11-10-15-6-4-5-9-18(15)20(21)24/h1-11,17H,12-14H2. The predicted octanol–water partition coefficient (Wildman–Crippen LogP) is 2.29. The molecule has 2 heterocycles. The van der Waals surface area contributed by atoms with Crippen molar-refractivity contribution in [1.82, 2.24) is 9.47 Å². The molecule has 1 aliphatic heterocycles. The van der Waals surface area contributed by atoms with Gasteiger partial charge in [0.25, 0.3) is 5.56 Å². The highest BCUT2D eigenvalue weighted by molar-refractivity contribution is 5.82. The lowest BCUT2D eigenvalue weighted by Crippen LogP contribution is -2.57. The Morgan fingerprint density at radius 2 is 1.72 bits per heavy atom. The van der Waals surface area contributed by atoms with Crippen LogP contribution >= 0.6 is 0 Å². The number of likely N-dealkylation sites (tertiary alicyclic amines) is 1. The van der Waals surface area contributed by atoms with E-state index in [0.29, 0.717) is 18.5 Å². The number of benzene rings is 2. The van der Waals surface area contributed by atoms with E-state index < -0.39 is 0 Å². The maximum absolute atomic E-state index is 12.5. The Morgan fingerprint density at radius 3 is 2.52 bits per heavy atom. The van der Waals surface area contributed by atoms with Crippen molar-refractivity contribution >= 4 is 16.7 Å². The number of carbonyl (C=O) groups excluding carboxylic acids is 1. The number of fused-ring (bicyclic) bond motifs is 1. The SMILES string of the molecule is O=C(Cn1ccc2ccccc2c1=O)N1CC(Oc2ccccc2)C1. The van der Waals surface area contributed by atoms with Gasteiger partial charge in [0, 0.05) is 11.6 Å². The van der Waals surface area contributed by atoms with Crippen LogP contribution in [0.5, 0.6) is 5.75 Å². The van der Waals surface area contributed by atoms with Crippen molar-refractivity contribution in [3.8, 4) is 5.75 Å². The molecule has 0 aliphatic carbocycles. The summed E-state index contributed by atoms with van der Waals surface area (Å²) in [7, 11) is 0. The summed E-state index contributed by atoms with van der Waals surface area (Å²) in [5.74, 6) is 0.746. The molecule has 1 aliphatic rings. The molecule has 2 aromatic carbocycles. The smallest absolute Gasteiger partial charge is 0.258 e. The lowest BCUT2D eigenvalue weighted by Gasteiger charge is -2.39. The summed E-state index contributed by atoms with van der Waals surface area (Å²) in [6.07, 6.45) is 1.69. The second-order valence-electron chi connectivity index (χ2n) is 6.19. The van der Waals surface area contributed by atoms with Crippen LogP contribution in [0.1, 0.15) is 0 Å². The summed E-state index contributed by atoms with van der Waals surface area (Å²) in [6.45, 7) is 1.16. The van der Waals surface area contributed by atoms with Gasteiger partial charge in [-0.25, -0.2) is 0 Å². The Kier molecular flexibility index (Phi) is 3.98. The highest BCUT2D eigenvalue weighted by Gasteiger charge is 2.32. The first-order chi connectivity index (χ1) is 12.2. The van der Waals surface area contributed by atoms with Crippen LogP contribution in [0.3, 0.4) is 0 Å². The van der Waals surface area contributed by atoms with E-state index in [4.69, 9.17) is 4.74 Å². The zero-order valence-electron chi connectivity index (χ0n) is 13.7. The first-order valence-electron chi connectivity index (χ1n) is 8.28. The summed E-state index contributed by atoms with van der Waals surface area (Å²) in [5, 5.41) is 1.52. The Hall–Kier alpha value is -3.08. The van der Waals surface area contributed by atoms with Crippen molar-refractivity contribution < 1.29 is 9.53 Å². The van der Waals surface area contributed by atoms with Crippen LogP contribution in [0.4, 0.5) is 0 Å². The van der Waals surface area contributed by atoms with Crippen LogP contribution in [-0.2, 0) is 11.3 Å². The zero-order chi connectivity index (χ0) is 17.2.